The summed E-state index contributed by atoms with van der Waals surface area (Å²) in [4.78, 5) is 56.3. The fourth-order valence-corrected chi connectivity index (χ4v) is 6.51. The monoisotopic (exact) mass is 609 g/mol. The van der Waals surface area contributed by atoms with Gasteiger partial charge in [0.25, 0.3) is 5.91 Å². The number of hydrogen-bond donors (Lipinski definition) is 3. The summed E-state index contributed by atoms with van der Waals surface area (Å²) in [7, 11) is 2.00. The minimum absolute atomic E-state index is 0.000212. The highest BCUT2D eigenvalue weighted by Gasteiger charge is 2.33. The number of likely N-dealkylation sites (N-methyl/N-ethyl adjacent to an activating group) is 1. The first kappa shape index (κ1) is 31.6. The van der Waals surface area contributed by atoms with Crippen molar-refractivity contribution >= 4 is 29.3 Å². The highest BCUT2D eigenvalue weighted by molar-refractivity contribution is 6.02. The van der Waals surface area contributed by atoms with Crippen LogP contribution in [0.4, 0.5) is 10.1 Å². The van der Waals surface area contributed by atoms with E-state index in [2.05, 4.69) is 25.9 Å². The zero-order valence-corrected chi connectivity index (χ0v) is 25.7. The van der Waals surface area contributed by atoms with Crippen LogP contribution in [0.3, 0.4) is 0 Å². The fraction of sp³-hybridized carbons (Fsp3) is 0.594. The number of amides is 4. The molecule has 238 valence electrons. The van der Waals surface area contributed by atoms with Crippen molar-refractivity contribution in [1.82, 2.24) is 30.2 Å². The average Bonchev–Trinajstić information content (AvgIpc) is 3.66. The van der Waals surface area contributed by atoms with Crippen LogP contribution in [0.2, 0.25) is 0 Å². The van der Waals surface area contributed by atoms with Crippen molar-refractivity contribution in [3.8, 4) is 0 Å². The Morgan fingerprint density at radius 2 is 1.75 bits per heavy atom. The lowest BCUT2D eigenvalue weighted by atomic mass is 9.83. The standard InChI is InChI=1S/C32H44FN7O4/c1-3-28(41)35-26(32(44)39-16-14-38(2)15-17-39)19-21-11-12-25(24(33)18-21)36-31(43)29(22-8-5-4-6-9-22)37-30(42)23-20-34-40-13-7-10-27(23)40/h11-12,18,20,22,26,29H,3-10,13-17,19H2,1-2H3,(H,35,41)(H,36,43)(H,37,42)/t26-,29+/m1/s1. The van der Waals surface area contributed by atoms with Gasteiger partial charge in [0.1, 0.15) is 17.9 Å². The van der Waals surface area contributed by atoms with Crippen LogP contribution in [-0.2, 0) is 33.8 Å². The van der Waals surface area contributed by atoms with Gasteiger partial charge in [-0.3, -0.25) is 23.9 Å². The smallest absolute Gasteiger partial charge is 0.255 e. The second-order valence-electron chi connectivity index (χ2n) is 12.3. The number of fused-ring (bicyclic) bond motifs is 1. The van der Waals surface area contributed by atoms with Crippen molar-refractivity contribution in [3.63, 3.8) is 0 Å². The van der Waals surface area contributed by atoms with Crippen LogP contribution in [0.1, 0.15) is 73.5 Å². The van der Waals surface area contributed by atoms with E-state index in [1.807, 2.05) is 11.7 Å². The molecule has 2 atom stereocenters. The molecule has 5 rings (SSSR count). The number of benzene rings is 1. The lowest BCUT2D eigenvalue weighted by molar-refractivity contribution is -0.137. The molecule has 0 radical (unpaired) electrons. The number of carbonyl (C=O) groups is 4. The van der Waals surface area contributed by atoms with Crippen molar-refractivity contribution in [1.29, 1.82) is 0 Å². The van der Waals surface area contributed by atoms with E-state index in [1.165, 1.54) is 12.1 Å². The maximum absolute atomic E-state index is 15.4. The molecule has 1 aliphatic carbocycles. The van der Waals surface area contributed by atoms with Crippen molar-refractivity contribution in [2.24, 2.45) is 5.92 Å². The van der Waals surface area contributed by atoms with E-state index >= 15 is 4.39 Å². The van der Waals surface area contributed by atoms with Gasteiger partial charge in [0.05, 0.1) is 23.1 Å². The number of aryl methyl sites for hydroxylation is 1. The second-order valence-corrected chi connectivity index (χ2v) is 12.3. The SMILES string of the molecule is CCC(=O)N[C@H](Cc1ccc(NC(=O)[C@@H](NC(=O)c2cnn3c2CCC3)C2CCCCC2)c(F)c1)C(=O)N1CCN(C)CC1. The zero-order chi connectivity index (χ0) is 31.2. The van der Waals surface area contributed by atoms with Crippen LogP contribution in [0, 0.1) is 11.7 Å². The molecule has 44 heavy (non-hydrogen) atoms. The van der Waals surface area contributed by atoms with E-state index in [-0.39, 0.29) is 42.2 Å². The second kappa shape index (κ2) is 14.3. The molecule has 1 aromatic carbocycles. The predicted octanol–water partition coefficient (Wildman–Crippen LogP) is 2.50. The summed E-state index contributed by atoms with van der Waals surface area (Å²) in [5.41, 5.74) is 1.89. The van der Waals surface area contributed by atoms with E-state index in [0.717, 1.165) is 70.3 Å². The van der Waals surface area contributed by atoms with Crippen LogP contribution in [0.25, 0.3) is 0 Å². The Labute approximate surface area is 257 Å². The third-order valence-corrected chi connectivity index (χ3v) is 9.17. The number of carbonyl (C=O) groups excluding carboxylic acids is 4. The van der Waals surface area contributed by atoms with Crippen molar-refractivity contribution < 1.29 is 23.6 Å². The molecule has 1 saturated carbocycles. The highest BCUT2D eigenvalue weighted by atomic mass is 19.1. The first-order valence-corrected chi connectivity index (χ1v) is 15.9. The number of nitrogens with zero attached hydrogens (tertiary/aromatic N) is 4. The number of nitrogens with one attached hydrogen (secondary N) is 3. The van der Waals surface area contributed by atoms with Gasteiger partial charge in [0.15, 0.2) is 0 Å². The molecule has 0 bridgehead atoms. The topological polar surface area (TPSA) is 129 Å². The van der Waals surface area contributed by atoms with E-state index in [9.17, 15) is 19.2 Å². The van der Waals surface area contributed by atoms with Crippen LogP contribution < -0.4 is 16.0 Å². The number of aromatic nitrogens is 2. The van der Waals surface area contributed by atoms with E-state index in [1.54, 1.807) is 24.1 Å². The lowest BCUT2D eigenvalue weighted by Gasteiger charge is -2.34. The Morgan fingerprint density at radius 1 is 1.00 bits per heavy atom. The quantitative estimate of drug-likeness (QED) is 0.380. The molecule has 0 spiro atoms. The summed E-state index contributed by atoms with van der Waals surface area (Å²) in [6.45, 7) is 5.12. The predicted molar refractivity (Wildman–Crippen MR) is 163 cm³/mol. The number of hydrogen-bond acceptors (Lipinski definition) is 6. The molecule has 0 unspecified atom stereocenters. The minimum Gasteiger partial charge on any atom is -0.344 e. The summed E-state index contributed by atoms with van der Waals surface area (Å²) in [6, 6.07) is 2.80. The molecule has 12 heteroatoms. The third-order valence-electron chi connectivity index (χ3n) is 9.17. The summed E-state index contributed by atoms with van der Waals surface area (Å²) >= 11 is 0. The molecule has 2 aliphatic heterocycles. The Kier molecular flexibility index (Phi) is 10.3. The fourth-order valence-electron chi connectivity index (χ4n) is 6.51. The van der Waals surface area contributed by atoms with Crippen LogP contribution >= 0.6 is 0 Å². The highest BCUT2D eigenvalue weighted by Crippen LogP contribution is 2.28. The Bertz CT molecular complexity index is 1360. The molecule has 3 heterocycles. The molecule has 1 saturated heterocycles. The van der Waals surface area contributed by atoms with Gasteiger partial charge in [0, 0.05) is 45.6 Å². The van der Waals surface area contributed by atoms with Gasteiger partial charge in [-0.2, -0.15) is 5.10 Å². The van der Waals surface area contributed by atoms with Gasteiger partial charge in [-0.05, 0) is 56.3 Å². The van der Waals surface area contributed by atoms with Crippen LogP contribution in [0.15, 0.2) is 24.4 Å². The lowest BCUT2D eigenvalue weighted by Crippen LogP contribution is -2.54. The van der Waals surface area contributed by atoms with Crippen LogP contribution in [-0.4, -0.2) is 88.5 Å². The van der Waals surface area contributed by atoms with E-state index in [4.69, 9.17) is 0 Å². The van der Waals surface area contributed by atoms with Gasteiger partial charge >= 0.3 is 0 Å². The summed E-state index contributed by atoms with van der Waals surface area (Å²) in [5.74, 6) is -1.93. The number of anilines is 1. The molecule has 3 N–H and O–H groups in total. The molecule has 11 nitrogen and oxygen atoms in total. The van der Waals surface area contributed by atoms with E-state index < -0.39 is 23.8 Å². The van der Waals surface area contributed by atoms with Crippen molar-refractivity contribution in [2.75, 3.05) is 38.5 Å². The van der Waals surface area contributed by atoms with Gasteiger partial charge in [0.2, 0.25) is 17.7 Å². The summed E-state index contributed by atoms with van der Waals surface area (Å²) < 4.78 is 17.3. The Morgan fingerprint density at radius 3 is 2.45 bits per heavy atom. The van der Waals surface area contributed by atoms with Gasteiger partial charge in [-0.1, -0.05) is 32.3 Å². The molecular formula is C32H44FN7O4. The third kappa shape index (κ3) is 7.46. The minimum atomic E-state index is -0.818. The molecular weight excluding hydrogens is 565 g/mol. The number of halogens is 1. The molecule has 3 aliphatic rings. The molecule has 4 amide bonds. The molecule has 1 aromatic heterocycles. The number of rotatable bonds is 10. The maximum atomic E-state index is 15.4. The summed E-state index contributed by atoms with van der Waals surface area (Å²) in [6.07, 6.45) is 8.25. The molecule has 2 aromatic rings. The normalized spacial score (nSPS) is 18.8. The van der Waals surface area contributed by atoms with Crippen molar-refractivity contribution in [2.45, 2.75) is 83.3 Å². The van der Waals surface area contributed by atoms with Crippen LogP contribution in [0.5, 0.6) is 0 Å². The Hall–Kier alpha value is -3.80. The van der Waals surface area contributed by atoms with Gasteiger partial charge in [-0.25, -0.2) is 4.39 Å². The largest absolute Gasteiger partial charge is 0.344 e. The Balaban J connectivity index is 1.28. The average molecular weight is 610 g/mol. The maximum Gasteiger partial charge on any atom is 0.255 e. The summed E-state index contributed by atoms with van der Waals surface area (Å²) in [5, 5.41) is 12.8. The van der Waals surface area contributed by atoms with Gasteiger partial charge < -0.3 is 25.8 Å². The van der Waals surface area contributed by atoms with Gasteiger partial charge in [-0.15, -0.1) is 0 Å². The van der Waals surface area contributed by atoms with E-state index in [0.29, 0.717) is 24.2 Å². The number of piperazine rings is 1. The first-order chi connectivity index (χ1) is 21.2. The molecule has 2 fully saturated rings. The van der Waals surface area contributed by atoms with Crippen molar-refractivity contribution in [3.05, 3.63) is 47.0 Å². The first-order valence-electron chi connectivity index (χ1n) is 15.9. The zero-order valence-electron chi connectivity index (χ0n) is 25.7.